The molecule has 1 aromatic carbocycles. The van der Waals surface area contributed by atoms with Crippen LogP contribution in [0.15, 0.2) is 41.6 Å². The van der Waals surface area contributed by atoms with Crippen LogP contribution in [0.5, 0.6) is 5.75 Å². The van der Waals surface area contributed by atoms with E-state index < -0.39 is 5.91 Å². The highest BCUT2D eigenvalue weighted by molar-refractivity contribution is 5.96. The maximum absolute atomic E-state index is 11.8. The van der Waals surface area contributed by atoms with Crippen LogP contribution in [-0.2, 0) is 11.4 Å². The van der Waals surface area contributed by atoms with E-state index in [1.165, 1.54) is 12.4 Å². The van der Waals surface area contributed by atoms with Crippen molar-refractivity contribution in [2.75, 3.05) is 6.54 Å². The molecular weight excluding hydrogens is 324 g/mol. The molecule has 25 heavy (non-hydrogen) atoms. The first kappa shape index (κ1) is 18.1. The molecule has 2 aromatic rings. The first-order chi connectivity index (χ1) is 12.0. The van der Waals surface area contributed by atoms with Crippen LogP contribution in [0, 0.1) is 6.92 Å². The van der Waals surface area contributed by atoms with Gasteiger partial charge in [-0.05, 0) is 19.1 Å². The van der Waals surface area contributed by atoms with Gasteiger partial charge in [-0.2, -0.15) is 5.10 Å². The third-order valence-electron chi connectivity index (χ3n) is 3.36. The van der Waals surface area contributed by atoms with Gasteiger partial charge in [0.15, 0.2) is 0 Å². The Balaban J connectivity index is 1.91. The van der Waals surface area contributed by atoms with Gasteiger partial charge in [0.2, 0.25) is 0 Å². The molecule has 0 radical (unpaired) electrons. The van der Waals surface area contributed by atoms with Crippen LogP contribution < -0.4 is 10.7 Å². The van der Waals surface area contributed by atoms with E-state index in [0.717, 1.165) is 0 Å². The van der Waals surface area contributed by atoms with E-state index in [9.17, 15) is 19.8 Å². The van der Waals surface area contributed by atoms with Gasteiger partial charge in [0.1, 0.15) is 5.75 Å². The predicted molar refractivity (Wildman–Crippen MR) is 91.1 cm³/mol. The molecule has 2 amide bonds. The van der Waals surface area contributed by atoms with Crippen LogP contribution in [-0.4, -0.2) is 39.8 Å². The van der Waals surface area contributed by atoms with Crippen molar-refractivity contribution >= 4 is 18.0 Å². The van der Waals surface area contributed by atoms with E-state index in [1.54, 1.807) is 37.3 Å². The minimum Gasteiger partial charge on any atom is -0.505 e. The topological polar surface area (TPSA) is 124 Å². The maximum Gasteiger partial charge on any atom is 0.259 e. The summed E-state index contributed by atoms with van der Waals surface area (Å²) >= 11 is 0. The number of nitrogens with zero attached hydrogens (tertiary/aromatic N) is 2. The molecule has 0 fully saturated rings. The van der Waals surface area contributed by atoms with Crippen LogP contribution in [0.1, 0.15) is 27.2 Å². The number of aromatic nitrogens is 1. The Morgan fingerprint density at radius 2 is 2.00 bits per heavy atom. The molecule has 0 unspecified atom stereocenters. The second-order valence-electron chi connectivity index (χ2n) is 5.13. The fraction of sp³-hybridized carbons (Fsp3) is 0.176. The van der Waals surface area contributed by atoms with Gasteiger partial charge in [0.25, 0.3) is 11.8 Å². The van der Waals surface area contributed by atoms with Crippen LogP contribution >= 0.6 is 0 Å². The Kier molecular flexibility index (Phi) is 6.19. The molecule has 0 atom stereocenters. The number of hydrogen-bond donors (Lipinski definition) is 4. The number of pyridine rings is 1. The lowest BCUT2D eigenvalue weighted by Gasteiger charge is -2.07. The number of aromatic hydroxyl groups is 1. The van der Waals surface area contributed by atoms with E-state index in [0.29, 0.717) is 16.8 Å². The number of aryl methyl sites for hydroxylation is 1. The lowest BCUT2D eigenvalue weighted by atomic mass is 10.1. The third-order valence-corrected chi connectivity index (χ3v) is 3.36. The standard InChI is InChI=1S/C17H18N4O4/c1-11-16(24)14(13(10-22)7-18-11)8-20-21-15(23)9-19-17(25)12-5-3-2-4-6-12/h2-8,22,24H,9-10H2,1H3,(H,19,25)(H,21,23)/b20-8+. The third kappa shape index (κ3) is 4.85. The summed E-state index contributed by atoms with van der Waals surface area (Å²) in [5.74, 6) is -1.03. The van der Waals surface area contributed by atoms with Crippen molar-refractivity contribution in [3.63, 3.8) is 0 Å². The molecule has 1 aromatic heterocycles. The molecule has 0 saturated carbocycles. The van der Waals surface area contributed by atoms with Crippen LogP contribution in [0.4, 0.5) is 0 Å². The molecule has 0 bridgehead atoms. The van der Waals surface area contributed by atoms with Crippen LogP contribution in [0.2, 0.25) is 0 Å². The SMILES string of the molecule is Cc1ncc(CO)c(/C=N/NC(=O)CNC(=O)c2ccccc2)c1O. The molecule has 8 nitrogen and oxygen atoms in total. The molecule has 130 valence electrons. The van der Waals surface area contributed by atoms with E-state index in [4.69, 9.17) is 0 Å². The van der Waals surface area contributed by atoms with Crippen LogP contribution in [0.25, 0.3) is 0 Å². The number of carbonyl (C=O) groups excluding carboxylic acids is 2. The zero-order chi connectivity index (χ0) is 18.2. The summed E-state index contributed by atoms with van der Waals surface area (Å²) < 4.78 is 0. The number of hydrogen-bond acceptors (Lipinski definition) is 6. The summed E-state index contributed by atoms with van der Waals surface area (Å²) in [5.41, 5.74) is 3.70. The highest BCUT2D eigenvalue weighted by Crippen LogP contribution is 2.21. The zero-order valence-corrected chi connectivity index (χ0v) is 13.6. The Hall–Kier alpha value is -3.26. The van der Waals surface area contributed by atoms with Gasteiger partial charge in [-0.25, -0.2) is 5.43 Å². The first-order valence-corrected chi connectivity index (χ1v) is 7.46. The summed E-state index contributed by atoms with van der Waals surface area (Å²) in [4.78, 5) is 27.4. The summed E-state index contributed by atoms with van der Waals surface area (Å²) in [6, 6.07) is 8.50. The Morgan fingerprint density at radius 1 is 1.28 bits per heavy atom. The highest BCUT2D eigenvalue weighted by Gasteiger charge is 2.10. The average molecular weight is 342 g/mol. The van der Waals surface area contributed by atoms with Gasteiger partial charge in [0, 0.05) is 22.9 Å². The fourth-order valence-electron chi connectivity index (χ4n) is 1.98. The molecule has 4 N–H and O–H groups in total. The summed E-state index contributed by atoms with van der Waals surface area (Å²) in [5, 5.41) is 25.4. The number of aliphatic hydroxyl groups is 1. The van der Waals surface area contributed by atoms with Gasteiger partial charge in [-0.3, -0.25) is 14.6 Å². The minimum absolute atomic E-state index is 0.123. The summed E-state index contributed by atoms with van der Waals surface area (Å²) in [6.45, 7) is 1.02. The smallest absolute Gasteiger partial charge is 0.259 e. The van der Waals surface area contributed by atoms with Gasteiger partial charge in [0.05, 0.1) is 25.1 Å². The molecule has 2 rings (SSSR count). The quantitative estimate of drug-likeness (QED) is 0.449. The Morgan fingerprint density at radius 3 is 2.68 bits per heavy atom. The molecule has 8 heteroatoms. The van der Waals surface area contributed by atoms with Gasteiger partial charge in [-0.1, -0.05) is 18.2 Å². The van der Waals surface area contributed by atoms with Crippen molar-refractivity contribution in [3.05, 3.63) is 58.9 Å². The average Bonchev–Trinajstić information content (AvgIpc) is 2.64. The van der Waals surface area contributed by atoms with E-state index in [-0.39, 0.29) is 30.4 Å². The number of benzene rings is 1. The number of rotatable bonds is 6. The van der Waals surface area contributed by atoms with Crippen molar-refractivity contribution < 1.29 is 19.8 Å². The Bertz CT molecular complexity index is 791. The monoisotopic (exact) mass is 342 g/mol. The Labute approximate surface area is 144 Å². The highest BCUT2D eigenvalue weighted by atomic mass is 16.3. The number of hydrazone groups is 1. The minimum atomic E-state index is -0.531. The molecular formula is C17H18N4O4. The second kappa shape index (κ2) is 8.55. The summed E-state index contributed by atoms with van der Waals surface area (Å²) in [6.07, 6.45) is 2.63. The molecule has 0 aliphatic rings. The van der Waals surface area contributed by atoms with Crippen molar-refractivity contribution in [1.29, 1.82) is 0 Å². The van der Waals surface area contributed by atoms with Crippen molar-refractivity contribution in [1.82, 2.24) is 15.7 Å². The normalized spacial score (nSPS) is 10.6. The molecule has 0 saturated heterocycles. The van der Waals surface area contributed by atoms with E-state index >= 15 is 0 Å². The molecule has 0 aliphatic heterocycles. The predicted octanol–water partition coefficient (Wildman–Crippen LogP) is 0.468. The zero-order valence-electron chi connectivity index (χ0n) is 13.6. The van der Waals surface area contributed by atoms with E-state index in [2.05, 4.69) is 20.8 Å². The number of amides is 2. The lowest BCUT2D eigenvalue weighted by molar-refractivity contribution is -0.120. The summed E-state index contributed by atoms with van der Waals surface area (Å²) in [7, 11) is 0. The van der Waals surface area contributed by atoms with Crippen molar-refractivity contribution in [2.45, 2.75) is 13.5 Å². The van der Waals surface area contributed by atoms with Gasteiger partial charge < -0.3 is 15.5 Å². The van der Waals surface area contributed by atoms with Crippen molar-refractivity contribution in [3.8, 4) is 5.75 Å². The largest absolute Gasteiger partial charge is 0.505 e. The number of nitrogens with one attached hydrogen (secondary N) is 2. The van der Waals surface area contributed by atoms with Crippen LogP contribution in [0.3, 0.4) is 0 Å². The van der Waals surface area contributed by atoms with Crippen molar-refractivity contribution in [2.24, 2.45) is 5.10 Å². The van der Waals surface area contributed by atoms with Gasteiger partial charge >= 0.3 is 0 Å². The number of aliphatic hydroxyl groups excluding tert-OH is 1. The van der Waals surface area contributed by atoms with Gasteiger partial charge in [-0.15, -0.1) is 0 Å². The number of carbonyl (C=O) groups is 2. The second-order valence-corrected chi connectivity index (χ2v) is 5.13. The molecule has 0 spiro atoms. The fourth-order valence-corrected chi connectivity index (χ4v) is 1.98. The first-order valence-electron chi connectivity index (χ1n) is 7.46. The lowest BCUT2D eigenvalue weighted by Crippen LogP contribution is -2.34. The molecule has 0 aliphatic carbocycles. The molecule has 1 heterocycles. The maximum atomic E-state index is 11.8. The van der Waals surface area contributed by atoms with E-state index in [1.807, 2.05) is 0 Å².